The van der Waals surface area contributed by atoms with E-state index in [1.807, 2.05) is 86.4 Å². The highest BCUT2D eigenvalue weighted by atomic mass is 32.1. The van der Waals surface area contributed by atoms with Gasteiger partial charge in [-0.2, -0.15) is 10.2 Å². The molecule has 2 aliphatic heterocycles. The third kappa shape index (κ3) is 8.02. The smallest absolute Gasteiger partial charge is 0.220 e. The fourth-order valence-corrected chi connectivity index (χ4v) is 8.73. The van der Waals surface area contributed by atoms with Crippen LogP contribution in [-0.4, -0.2) is 83.8 Å². The van der Waals surface area contributed by atoms with E-state index in [9.17, 15) is 4.79 Å². The van der Waals surface area contributed by atoms with E-state index >= 15 is 0 Å². The molecule has 288 valence electrons. The molecule has 0 radical (unpaired) electrons. The Hall–Kier alpha value is -6.31. The molecular weight excluding hydrogens is 761 g/mol. The molecule has 0 saturated carbocycles. The maximum absolute atomic E-state index is 11.8. The van der Waals surface area contributed by atoms with E-state index in [1.165, 1.54) is 17.8 Å². The lowest BCUT2D eigenvalue weighted by atomic mass is 10.1. The topological polar surface area (TPSA) is 195 Å². The van der Waals surface area contributed by atoms with Crippen LogP contribution in [-0.2, 0) is 18.9 Å². The third-order valence-corrected chi connectivity index (χ3v) is 11.7. The highest BCUT2D eigenvalue weighted by molar-refractivity contribution is 7.15. The van der Waals surface area contributed by atoms with Crippen molar-refractivity contribution in [2.75, 3.05) is 23.7 Å². The van der Waals surface area contributed by atoms with Crippen LogP contribution < -0.4 is 16.0 Å². The summed E-state index contributed by atoms with van der Waals surface area (Å²) in [7, 11) is 3.78. The Kier molecular flexibility index (Phi) is 9.99. The summed E-state index contributed by atoms with van der Waals surface area (Å²) in [6.07, 6.45) is 15.4. The Morgan fingerprint density at radius 3 is 1.81 bits per heavy atom. The summed E-state index contributed by atoms with van der Waals surface area (Å²) >= 11 is 3.03. The molecule has 2 fully saturated rings. The van der Waals surface area contributed by atoms with Gasteiger partial charge in [-0.3, -0.25) is 24.1 Å². The lowest BCUT2D eigenvalue weighted by Gasteiger charge is -2.20. The summed E-state index contributed by atoms with van der Waals surface area (Å²) in [5, 5.41) is 38.8. The van der Waals surface area contributed by atoms with Crippen LogP contribution >= 0.6 is 22.7 Å². The zero-order chi connectivity index (χ0) is 38.9. The van der Waals surface area contributed by atoms with Crippen molar-refractivity contribution in [2.45, 2.75) is 44.7 Å². The molecule has 8 aromatic rings. The number of aryl methyl sites for hydroxylation is 2. The number of hydrogen-bond donors (Lipinski definition) is 3. The van der Waals surface area contributed by atoms with Crippen molar-refractivity contribution < 1.29 is 4.79 Å². The number of amides is 1. The van der Waals surface area contributed by atoms with Gasteiger partial charge in [0.2, 0.25) is 16.2 Å². The number of rotatable bonds is 8. The zero-order valence-electron chi connectivity index (χ0n) is 31.4. The summed E-state index contributed by atoms with van der Waals surface area (Å²) in [5.74, 6) is 1.48. The number of nitrogens with zero attached hydrogens (tertiary/aromatic N) is 13. The Bertz CT molecular complexity index is 2700. The second-order valence-corrected chi connectivity index (χ2v) is 15.9. The van der Waals surface area contributed by atoms with E-state index in [1.54, 1.807) is 33.8 Å². The van der Waals surface area contributed by atoms with E-state index in [0.29, 0.717) is 17.0 Å². The lowest BCUT2D eigenvalue weighted by Crippen LogP contribution is -2.27. The highest BCUT2D eigenvalue weighted by Crippen LogP contribution is 2.36. The van der Waals surface area contributed by atoms with Crippen molar-refractivity contribution in [3.05, 3.63) is 83.6 Å². The van der Waals surface area contributed by atoms with Crippen molar-refractivity contribution in [2.24, 2.45) is 14.1 Å². The minimum absolute atomic E-state index is 0.0198. The summed E-state index contributed by atoms with van der Waals surface area (Å²) in [6.45, 7) is 3.43. The number of hydrogen-bond acceptors (Lipinski definition) is 16. The molecular formula is C38H38N16OS2. The van der Waals surface area contributed by atoms with Gasteiger partial charge in [-0.1, -0.05) is 22.7 Å². The quantitative estimate of drug-likeness (QED) is 0.154. The number of likely N-dealkylation sites (tertiary alicyclic amines) is 1. The third-order valence-electron chi connectivity index (χ3n) is 9.80. The van der Waals surface area contributed by atoms with E-state index in [-0.39, 0.29) is 11.9 Å². The molecule has 0 aromatic carbocycles. The monoisotopic (exact) mass is 798 g/mol. The van der Waals surface area contributed by atoms with Crippen LogP contribution in [0.2, 0.25) is 0 Å². The van der Waals surface area contributed by atoms with E-state index in [0.717, 1.165) is 97.6 Å². The largest absolute Gasteiger partial charge is 0.333 e. The summed E-state index contributed by atoms with van der Waals surface area (Å²) in [6, 6.07) is 12.0. The number of aromatic nitrogens is 12. The van der Waals surface area contributed by atoms with Crippen molar-refractivity contribution in [1.82, 2.24) is 70.1 Å². The molecule has 10 rings (SSSR count). The lowest BCUT2D eigenvalue weighted by molar-refractivity contribution is -0.129. The summed E-state index contributed by atoms with van der Waals surface area (Å²) in [4.78, 5) is 32.1. The van der Waals surface area contributed by atoms with Gasteiger partial charge >= 0.3 is 0 Å². The number of carbonyl (C=O) groups is 1. The number of pyridine rings is 4. The van der Waals surface area contributed by atoms with Crippen molar-refractivity contribution in [1.29, 1.82) is 0 Å². The molecule has 19 heteroatoms. The number of nitrogens with one attached hydrogen (secondary N) is 3. The molecule has 17 nitrogen and oxygen atoms in total. The minimum atomic E-state index is 0.0198. The van der Waals surface area contributed by atoms with Crippen molar-refractivity contribution in [3.8, 4) is 22.3 Å². The maximum Gasteiger partial charge on any atom is 0.220 e. The zero-order valence-corrected chi connectivity index (χ0v) is 33.0. The fourth-order valence-electron chi connectivity index (χ4n) is 6.97. The Morgan fingerprint density at radius 2 is 1.28 bits per heavy atom. The SMILES string of the molecule is CC(=O)N1CCCC1c1nnc(Nc2ccc3ncc(-c4cnn(C)c4)cc3n2)s1.Cn1cc(-c2cnc3ccc(Nc4nnc(C5CCCN5)s4)nc3c2)cn1. The van der Waals surface area contributed by atoms with Gasteiger partial charge in [0.05, 0.1) is 46.5 Å². The summed E-state index contributed by atoms with van der Waals surface area (Å²) < 4.78 is 3.53. The number of anilines is 4. The molecule has 57 heavy (non-hydrogen) atoms. The Labute approximate surface area is 334 Å². The second-order valence-electron chi connectivity index (χ2n) is 13.9. The molecule has 2 atom stereocenters. The Morgan fingerprint density at radius 1 is 0.702 bits per heavy atom. The molecule has 2 unspecified atom stereocenters. The van der Waals surface area contributed by atoms with Gasteiger partial charge in [-0.25, -0.2) is 9.97 Å². The molecule has 0 spiro atoms. The average molecular weight is 799 g/mol. The van der Waals surface area contributed by atoms with Crippen molar-refractivity contribution in [3.63, 3.8) is 0 Å². The minimum Gasteiger partial charge on any atom is -0.333 e. The predicted octanol–water partition coefficient (Wildman–Crippen LogP) is 6.36. The second kappa shape index (κ2) is 15.7. The van der Waals surface area contributed by atoms with Crippen LogP contribution in [0.1, 0.15) is 54.7 Å². The van der Waals surface area contributed by atoms with Gasteiger partial charge in [0.15, 0.2) is 0 Å². The van der Waals surface area contributed by atoms with Gasteiger partial charge in [0.1, 0.15) is 21.7 Å². The van der Waals surface area contributed by atoms with Gasteiger partial charge < -0.3 is 20.9 Å². The van der Waals surface area contributed by atoms with Gasteiger partial charge in [0.25, 0.3) is 0 Å². The van der Waals surface area contributed by atoms with E-state index < -0.39 is 0 Å². The number of carbonyl (C=O) groups excluding carboxylic acids is 1. The molecule has 1 amide bonds. The molecule has 10 heterocycles. The first-order chi connectivity index (χ1) is 27.8. The van der Waals surface area contributed by atoms with Gasteiger partial charge in [-0.15, -0.1) is 20.4 Å². The maximum atomic E-state index is 11.8. The first-order valence-corrected chi connectivity index (χ1v) is 20.2. The first kappa shape index (κ1) is 36.3. The first-order valence-electron chi connectivity index (χ1n) is 18.5. The van der Waals surface area contributed by atoms with E-state index in [4.69, 9.17) is 4.98 Å². The highest BCUT2D eigenvalue weighted by Gasteiger charge is 2.31. The molecule has 2 saturated heterocycles. The van der Waals surface area contributed by atoms with Gasteiger partial charge in [0, 0.05) is 74.6 Å². The molecule has 8 aromatic heterocycles. The predicted molar refractivity (Wildman–Crippen MR) is 219 cm³/mol. The average Bonchev–Trinajstić information content (AvgIpc) is 4.07. The normalized spacial score (nSPS) is 16.6. The number of fused-ring (bicyclic) bond motifs is 2. The standard InChI is InChI=1S/C20H20N8OS.C18H18N8S/c1-12(29)28-7-3-4-17(28)19-25-26-20(30-19)24-18-6-5-15-16(23-18)8-13(9-21-15)14-10-22-27(2)11-14;1-26-10-12(9-21-26)11-7-15-13(20-8-11)4-5-16(22-15)23-18-25-24-17(27-18)14-3-2-6-19-14/h5-6,8-11,17H,3-4,7H2,1-2H3,(H,23,24,26);4-5,7-10,14,19H,2-3,6H2,1H3,(H,22,23,25). The molecule has 3 N–H and O–H groups in total. The van der Waals surface area contributed by atoms with Crippen LogP contribution in [0.5, 0.6) is 0 Å². The van der Waals surface area contributed by atoms with Crippen LogP contribution in [0.4, 0.5) is 21.9 Å². The van der Waals surface area contributed by atoms with Crippen LogP contribution in [0.25, 0.3) is 44.3 Å². The molecule has 2 aliphatic rings. The van der Waals surface area contributed by atoms with Crippen LogP contribution in [0.3, 0.4) is 0 Å². The van der Waals surface area contributed by atoms with Crippen LogP contribution in [0.15, 0.2) is 73.6 Å². The summed E-state index contributed by atoms with van der Waals surface area (Å²) in [5.41, 5.74) is 7.23. The molecule has 0 aliphatic carbocycles. The van der Waals surface area contributed by atoms with Gasteiger partial charge in [-0.05, 0) is 68.6 Å². The Balaban J connectivity index is 0.000000149. The van der Waals surface area contributed by atoms with Crippen LogP contribution in [0, 0.1) is 0 Å². The van der Waals surface area contributed by atoms with Crippen molar-refractivity contribution >= 4 is 72.5 Å². The molecule has 0 bridgehead atoms. The fraction of sp³-hybridized carbons (Fsp3) is 0.289. The van der Waals surface area contributed by atoms with E-state index in [2.05, 4.69) is 61.5 Å².